The summed E-state index contributed by atoms with van der Waals surface area (Å²) in [7, 11) is 1.58. The number of ether oxygens (including phenoxy) is 1. The van der Waals surface area contributed by atoms with E-state index in [4.69, 9.17) is 9.94 Å². The molecule has 0 amide bonds. The van der Waals surface area contributed by atoms with Crippen LogP contribution in [0.25, 0.3) is 10.9 Å². The van der Waals surface area contributed by atoms with Crippen molar-refractivity contribution in [2.75, 3.05) is 7.11 Å². The van der Waals surface area contributed by atoms with Crippen LogP contribution in [0.15, 0.2) is 57.8 Å². The lowest BCUT2D eigenvalue weighted by molar-refractivity contribution is 0.321. The molecular weight excluding hydrogens is 320 g/mol. The number of pyridine rings is 1. The molecule has 7 heteroatoms. The van der Waals surface area contributed by atoms with Crippen LogP contribution in [0.5, 0.6) is 11.5 Å². The summed E-state index contributed by atoms with van der Waals surface area (Å²) in [6.45, 7) is 1.96. The standard InChI is InChI=1S/C18H16N4O3/c1-11-3-8-17(25-2)15(9-11)22-21-14-6-7-16(23)18-13(14)5-4-12(20-18)10-19-24/h3-10,23-24H,1-2H3. The highest BCUT2D eigenvalue weighted by Crippen LogP contribution is 2.34. The van der Waals surface area contributed by atoms with E-state index in [9.17, 15) is 5.11 Å². The number of rotatable bonds is 4. The van der Waals surface area contributed by atoms with Gasteiger partial charge in [0.2, 0.25) is 0 Å². The van der Waals surface area contributed by atoms with Crippen molar-refractivity contribution in [3.05, 3.63) is 53.7 Å². The van der Waals surface area contributed by atoms with Gasteiger partial charge in [0.05, 0.1) is 24.7 Å². The normalized spacial score (nSPS) is 11.6. The number of aromatic nitrogens is 1. The molecule has 0 saturated heterocycles. The second-order valence-corrected chi connectivity index (χ2v) is 5.36. The van der Waals surface area contributed by atoms with Crippen molar-refractivity contribution in [1.82, 2.24) is 4.98 Å². The smallest absolute Gasteiger partial charge is 0.146 e. The molecule has 0 spiro atoms. The zero-order valence-electron chi connectivity index (χ0n) is 13.7. The van der Waals surface area contributed by atoms with E-state index in [2.05, 4.69) is 20.4 Å². The summed E-state index contributed by atoms with van der Waals surface area (Å²) in [4.78, 5) is 4.24. The largest absolute Gasteiger partial charge is 0.506 e. The predicted octanol–water partition coefficient (Wildman–Crippen LogP) is 4.48. The summed E-state index contributed by atoms with van der Waals surface area (Å²) in [5, 5.41) is 30.8. The Labute approximate surface area is 143 Å². The van der Waals surface area contributed by atoms with Crippen molar-refractivity contribution in [2.45, 2.75) is 6.92 Å². The van der Waals surface area contributed by atoms with E-state index in [-0.39, 0.29) is 5.75 Å². The molecule has 0 aliphatic heterocycles. The first-order valence-electron chi connectivity index (χ1n) is 7.49. The first kappa shape index (κ1) is 16.4. The van der Waals surface area contributed by atoms with Crippen LogP contribution in [0, 0.1) is 6.92 Å². The molecule has 0 saturated carbocycles. The fourth-order valence-electron chi connectivity index (χ4n) is 2.41. The van der Waals surface area contributed by atoms with Crippen LogP contribution >= 0.6 is 0 Å². The molecule has 0 bridgehead atoms. The summed E-state index contributed by atoms with van der Waals surface area (Å²) >= 11 is 0. The minimum Gasteiger partial charge on any atom is -0.506 e. The third-order valence-electron chi connectivity index (χ3n) is 3.62. The van der Waals surface area contributed by atoms with Crippen molar-refractivity contribution in [1.29, 1.82) is 0 Å². The molecule has 7 nitrogen and oxygen atoms in total. The van der Waals surface area contributed by atoms with Gasteiger partial charge in [-0.05, 0) is 48.9 Å². The highest BCUT2D eigenvalue weighted by atomic mass is 16.5. The van der Waals surface area contributed by atoms with E-state index in [1.807, 2.05) is 25.1 Å². The number of aromatic hydroxyl groups is 1. The number of phenols is 1. The van der Waals surface area contributed by atoms with Gasteiger partial charge in [-0.3, -0.25) is 0 Å². The van der Waals surface area contributed by atoms with Crippen molar-refractivity contribution >= 4 is 28.5 Å². The van der Waals surface area contributed by atoms with Gasteiger partial charge in [-0.25, -0.2) is 4.98 Å². The summed E-state index contributed by atoms with van der Waals surface area (Å²) in [6.07, 6.45) is 1.19. The summed E-state index contributed by atoms with van der Waals surface area (Å²) in [5.74, 6) is 0.632. The molecule has 126 valence electrons. The molecule has 3 aromatic rings. The van der Waals surface area contributed by atoms with Crippen LogP contribution < -0.4 is 4.74 Å². The van der Waals surface area contributed by atoms with Crippen molar-refractivity contribution in [3.63, 3.8) is 0 Å². The number of oxime groups is 1. The van der Waals surface area contributed by atoms with Gasteiger partial charge in [-0.15, -0.1) is 10.2 Å². The summed E-state index contributed by atoms with van der Waals surface area (Å²) in [5.41, 5.74) is 2.97. The molecule has 0 aliphatic carbocycles. The van der Waals surface area contributed by atoms with Gasteiger partial charge < -0.3 is 15.1 Å². The maximum Gasteiger partial charge on any atom is 0.146 e. The highest BCUT2D eigenvalue weighted by Gasteiger charge is 2.08. The Morgan fingerprint density at radius 1 is 1.04 bits per heavy atom. The molecule has 0 aliphatic rings. The van der Waals surface area contributed by atoms with Gasteiger partial charge in [0.25, 0.3) is 0 Å². The summed E-state index contributed by atoms with van der Waals surface area (Å²) in [6, 6.07) is 12.2. The maximum absolute atomic E-state index is 10.0. The van der Waals surface area contributed by atoms with Crippen molar-refractivity contribution in [2.24, 2.45) is 15.4 Å². The first-order chi connectivity index (χ1) is 12.1. The zero-order chi connectivity index (χ0) is 17.8. The topological polar surface area (TPSA) is 99.7 Å². The van der Waals surface area contributed by atoms with Gasteiger partial charge in [-0.1, -0.05) is 11.2 Å². The third-order valence-corrected chi connectivity index (χ3v) is 3.62. The number of methoxy groups -OCH3 is 1. The van der Waals surface area contributed by atoms with Gasteiger partial charge >= 0.3 is 0 Å². The second kappa shape index (κ2) is 6.96. The molecule has 25 heavy (non-hydrogen) atoms. The minimum absolute atomic E-state index is 0.00951. The van der Waals surface area contributed by atoms with E-state index < -0.39 is 0 Å². The number of hydrogen-bond donors (Lipinski definition) is 2. The fraction of sp³-hybridized carbons (Fsp3) is 0.111. The molecule has 0 unspecified atom stereocenters. The van der Waals surface area contributed by atoms with E-state index in [1.165, 1.54) is 12.3 Å². The van der Waals surface area contributed by atoms with Crippen LogP contribution in [0.4, 0.5) is 11.4 Å². The number of phenolic OH excluding ortho intramolecular Hbond substituents is 1. The molecule has 3 rings (SSSR count). The maximum atomic E-state index is 10.0. The molecule has 0 fully saturated rings. The van der Waals surface area contributed by atoms with Gasteiger partial charge in [-0.2, -0.15) is 0 Å². The zero-order valence-corrected chi connectivity index (χ0v) is 13.7. The number of benzene rings is 2. The number of aryl methyl sites for hydroxylation is 1. The quantitative estimate of drug-likeness (QED) is 0.317. The molecule has 1 aromatic heterocycles. The first-order valence-corrected chi connectivity index (χ1v) is 7.49. The Morgan fingerprint density at radius 3 is 2.60 bits per heavy atom. The summed E-state index contributed by atoms with van der Waals surface area (Å²) < 4.78 is 5.29. The Morgan fingerprint density at radius 2 is 1.84 bits per heavy atom. The van der Waals surface area contributed by atoms with Crippen molar-refractivity contribution < 1.29 is 15.1 Å². The van der Waals surface area contributed by atoms with E-state index in [1.54, 1.807) is 25.3 Å². The molecule has 0 atom stereocenters. The van der Waals surface area contributed by atoms with E-state index in [0.29, 0.717) is 33.7 Å². The Bertz CT molecular complexity index is 983. The molecule has 2 aromatic carbocycles. The number of fused-ring (bicyclic) bond motifs is 1. The van der Waals surface area contributed by atoms with Crippen LogP contribution in [0.2, 0.25) is 0 Å². The molecule has 1 heterocycles. The lowest BCUT2D eigenvalue weighted by Crippen LogP contribution is -1.89. The Hall–Kier alpha value is -3.48. The van der Waals surface area contributed by atoms with Gasteiger partial charge in [0, 0.05) is 5.39 Å². The molecular formula is C18H16N4O3. The van der Waals surface area contributed by atoms with E-state index >= 15 is 0 Å². The monoisotopic (exact) mass is 336 g/mol. The molecule has 2 N–H and O–H groups in total. The SMILES string of the molecule is COc1ccc(C)cc1N=Nc1ccc(O)c2nc(C=NO)ccc12. The lowest BCUT2D eigenvalue weighted by Gasteiger charge is -2.06. The van der Waals surface area contributed by atoms with E-state index in [0.717, 1.165) is 5.56 Å². The second-order valence-electron chi connectivity index (χ2n) is 5.36. The molecule has 0 radical (unpaired) electrons. The van der Waals surface area contributed by atoms with Crippen LogP contribution in [-0.4, -0.2) is 28.6 Å². The van der Waals surface area contributed by atoms with Crippen molar-refractivity contribution in [3.8, 4) is 11.5 Å². The number of azo groups is 1. The lowest BCUT2D eigenvalue weighted by atomic mass is 10.1. The predicted molar refractivity (Wildman–Crippen MR) is 94.7 cm³/mol. The van der Waals surface area contributed by atoms with Crippen LogP contribution in [0.3, 0.4) is 0 Å². The average molecular weight is 336 g/mol. The van der Waals surface area contributed by atoms with Crippen LogP contribution in [0.1, 0.15) is 11.3 Å². The van der Waals surface area contributed by atoms with Gasteiger partial charge in [0.1, 0.15) is 22.7 Å². The Balaban J connectivity index is 2.08. The van der Waals surface area contributed by atoms with Crippen LogP contribution in [-0.2, 0) is 0 Å². The minimum atomic E-state index is 0.00951. The Kier molecular flexibility index (Phi) is 4.56. The average Bonchev–Trinajstić information content (AvgIpc) is 2.62. The highest BCUT2D eigenvalue weighted by molar-refractivity contribution is 5.95. The number of hydrogen-bond acceptors (Lipinski definition) is 7. The number of nitrogens with zero attached hydrogens (tertiary/aromatic N) is 4. The van der Waals surface area contributed by atoms with Gasteiger partial charge in [0.15, 0.2) is 0 Å². The third kappa shape index (κ3) is 3.40. The fourth-order valence-corrected chi connectivity index (χ4v) is 2.41.